The summed E-state index contributed by atoms with van der Waals surface area (Å²) >= 11 is 0. The van der Waals surface area contributed by atoms with Crippen molar-refractivity contribution in [3.8, 4) is 5.75 Å². The molecule has 1 aromatic rings. The number of hydrogen-bond acceptors (Lipinski definition) is 2. The van der Waals surface area contributed by atoms with Gasteiger partial charge in [-0.05, 0) is 30.9 Å². The van der Waals surface area contributed by atoms with Crippen LogP contribution in [0.15, 0.2) is 18.2 Å². The Hall–Kier alpha value is -1.02. The summed E-state index contributed by atoms with van der Waals surface area (Å²) in [6.07, 6.45) is 4.96. The lowest BCUT2D eigenvalue weighted by Crippen LogP contribution is -2.31. The number of para-hydroxylation sites is 1. The number of nitrogens with one attached hydrogen (secondary N) is 1. The summed E-state index contributed by atoms with van der Waals surface area (Å²) in [7, 11) is 0. The average molecular weight is 231 g/mol. The highest BCUT2D eigenvalue weighted by Crippen LogP contribution is 2.38. The van der Waals surface area contributed by atoms with Gasteiger partial charge in [-0.15, -0.1) is 0 Å². The molecule has 1 aromatic carbocycles. The minimum absolute atomic E-state index is 0.502. The van der Waals surface area contributed by atoms with E-state index in [2.05, 4.69) is 30.4 Å². The molecule has 2 heterocycles. The fourth-order valence-corrected chi connectivity index (χ4v) is 3.12. The quantitative estimate of drug-likeness (QED) is 0.844. The zero-order valence-electron chi connectivity index (χ0n) is 10.5. The number of piperidine rings is 1. The van der Waals surface area contributed by atoms with Crippen LogP contribution in [-0.4, -0.2) is 13.2 Å². The Labute approximate surface area is 103 Å². The maximum absolute atomic E-state index is 5.81. The van der Waals surface area contributed by atoms with Gasteiger partial charge in [-0.3, -0.25) is 0 Å². The Morgan fingerprint density at radius 3 is 3.24 bits per heavy atom. The molecule has 0 radical (unpaired) electrons. The van der Waals surface area contributed by atoms with Gasteiger partial charge in [0.05, 0.1) is 6.61 Å². The molecule has 0 aliphatic carbocycles. The molecule has 1 N–H and O–H groups in total. The van der Waals surface area contributed by atoms with Crippen LogP contribution < -0.4 is 10.1 Å². The highest BCUT2D eigenvalue weighted by atomic mass is 16.5. The molecule has 0 spiro atoms. The van der Waals surface area contributed by atoms with E-state index < -0.39 is 0 Å². The lowest BCUT2D eigenvalue weighted by Gasteiger charge is -2.30. The first kappa shape index (κ1) is 11.1. The summed E-state index contributed by atoms with van der Waals surface area (Å²) in [5.74, 6) is 2.04. The van der Waals surface area contributed by atoms with Crippen molar-refractivity contribution in [2.24, 2.45) is 5.92 Å². The second-order valence-corrected chi connectivity index (χ2v) is 5.24. The van der Waals surface area contributed by atoms with Crippen molar-refractivity contribution in [1.82, 2.24) is 5.32 Å². The van der Waals surface area contributed by atoms with Gasteiger partial charge >= 0.3 is 0 Å². The van der Waals surface area contributed by atoms with Gasteiger partial charge in [0.25, 0.3) is 0 Å². The summed E-state index contributed by atoms with van der Waals surface area (Å²) in [6, 6.07) is 7.12. The van der Waals surface area contributed by atoms with Crippen LogP contribution in [0.3, 0.4) is 0 Å². The van der Waals surface area contributed by atoms with Gasteiger partial charge in [0.15, 0.2) is 0 Å². The monoisotopic (exact) mass is 231 g/mol. The first-order valence-corrected chi connectivity index (χ1v) is 6.86. The Morgan fingerprint density at radius 1 is 1.41 bits per heavy atom. The Bertz CT molecular complexity index is 402. The molecule has 0 aromatic heterocycles. The largest absolute Gasteiger partial charge is 0.493 e. The number of benzene rings is 1. The van der Waals surface area contributed by atoms with Crippen LogP contribution in [0.1, 0.15) is 43.4 Å². The lowest BCUT2D eigenvalue weighted by molar-refractivity contribution is 0.288. The number of rotatable bonds is 2. The van der Waals surface area contributed by atoms with E-state index in [9.17, 15) is 0 Å². The number of hydrogen-bond donors (Lipinski definition) is 1. The van der Waals surface area contributed by atoms with E-state index in [1.54, 1.807) is 0 Å². The first-order chi connectivity index (χ1) is 8.38. The molecule has 92 valence electrons. The Balaban J connectivity index is 1.86. The normalized spacial score (nSPS) is 27.6. The van der Waals surface area contributed by atoms with Crippen molar-refractivity contribution in [3.05, 3.63) is 29.3 Å². The first-order valence-electron chi connectivity index (χ1n) is 6.86. The molecule has 3 rings (SSSR count). The molecular formula is C15H21NO. The molecule has 17 heavy (non-hydrogen) atoms. The van der Waals surface area contributed by atoms with Crippen LogP contribution in [0.2, 0.25) is 0 Å². The van der Waals surface area contributed by atoms with Gasteiger partial charge in [-0.25, -0.2) is 0 Å². The third-order valence-corrected chi connectivity index (χ3v) is 4.21. The molecule has 2 heteroatoms. The predicted octanol–water partition coefficient (Wildman–Crippen LogP) is 3.07. The van der Waals surface area contributed by atoms with Crippen molar-refractivity contribution in [2.75, 3.05) is 13.2 Å². The highest BCUT2D eigenvalue weighted by Gasteiger charge is 2.26. The average Bonchev–Trinajstić information content (AvgIpc) is 2.87. The topological polar surface area (TPSA) is 21.3 Å². The molecule has 0 amide bonds. The zero-order chi connectivity index (χ0) is 11.7. The van der Waals surface area contributed by atoms with Gasteiger partial charge in [0.1, 0.15) is 5.75 Å². The molecule has 0 bridgehead atoms. The van der Waals surface area contributed by atoms with E-state index in [0.29, 0.717) is 6.04 Å². The third kappa shape index (κ3) is 2.06. The van der Waals surface area contributed by atoms with E-state index in [4.69, 9.17) is 4.74 Å². The van der Waals surface area contributed by atoms with Gasteiger partial charge in [0.2, 0.25) is 0 Å². The fourth-order valence-electron chi connectivity index (χ4n) is 3.12. The van der Waals surface area contributed by atoms with E-state index in [1.807, 2.05) is 0 Å². The minimum Gasteiger partial charge on any atom is -0.493 e. The Kier molecular flexibility index (Phi) is 3.06. The summed E-state index contributed by atoms with van der Waals surface area (Å²) in [5, 5.41) is 3.65. The standard InChI is InChI=1S/C15H21NO/c1-2-11-6-8-16-14(10-11)13-5-3-4-12-7-9-17-15(12)13/h3-5,11,14,16H,2,6-10H2,1H3. The zero-order valence-corrected chi connectivity index (χ0v) is 10.5. The van der Waals surface area contributed by atoms with E-state index in [0.717, 1.165) is 25.5 Å². The van der Waals surface area contributed by atoms with Crippen LogP contribution in [0.5, 0.6) is 5.75 Å². The summed E-state index contributed by atoms with van der Waals surface area (Å²) in [6.45, 7) is 4.31. The fraction of sp³-hybridized carbons (Fsp3) is 0.600. The predicted molar refractivity (Wildman–Crippen MR) is 69.4 cm³/mol. The maximum atomic E-state index is 5.81. The molecule has 1 saturated heterocycles. The molecule has 2 aliphatic rings. The second-order valence-electron chi connectivity index (χ2n) is 5.24. The minimum atomic E-state index is 0.502. The summed E-state index contributed by atoms with van der Waals surface area (Å²) < 4.78 is 5.81. The van der Waals surface area contributed by atoms with Crippen molar-refractivity contribution < 1.29 is 4.74 Å². The molecule has 0 saturated carbocycles. The van der Waals surface area contributed by atoms with Crippen molar-refractivity contribution in [1.29, 1.82) is 0 Å². The van der Waals surface area contributed by atoms with Crippen molar-refractivity contribution >= 4 is 0 Å². The maximum Gasteiger partial charge on any atom is 0.127 e. The highest BCUT2D eigenvalue weighted by molar-refractivity contribution is 5.45. The Morgan fingerprint density at radius 2 is 2.35 bits per heavy atom. The number of ether oxygens (including phenoxy) is 1. The molecular weight excluding hydrogens is 210 g/mol. The van der Waals surface area contributed by atoms with Crippen LogP contribution in [0.4, 0.5) is 0 Å². The molecule has 2 nitrogen and oxygen atoms in total. The van der Waals surface area contributed by atoms with E-state index in [-0.39, 0.29) is 0 Å². The molecule has 2 aliphatic heterocycles. The van der Waals surface area contributed by atoms with Crippen LogP contribution in [0.25, 0.3) is 0 Å². The van der Waals surface area contributed by atoms with Crippen LogP contribution >= 0.6 is 0 Å². The molecule has 2 unspecified atom stereocenters. The summed E-state index contributed by atoms with van der Waals surface area (Å²) in [4.78, 5) is 0. The van der Waals surface area contributed by atoms with E-state index >= 15 is 0 Å². The number of fused-ring (bicyclic) bond motifs is 1. The second kappa shape index (κ2) is 4.69. The van der Waals surface area contributed by atoms with Crippen LogP contribution in [0, 0.1) is 5.92 Å². The van der Waals surface area contributed by atoms with Gasteiger partial charge in [0, 0.05) is 18.0 Å². The van der Waals surface area contributed by atoms with E-state index in [1.165, 1.54) is 36.1 Å². The summed E-state index contributed by atoms with van der Waals surface area (Å²) in [5.41, 5.74) is 2.78. The smallest absolute Gasteiger partial charge is 0.127 e. The van der Waals surface area contributed by atoms with Gasteiger partial charge in [-0.1, -0.05) is 31.5 Å². The third-order valence-electron chi connectivity index (χ3n) is 4.21. The van der Waals surface area contributed by atoms with Crippen LogP contribution in [-0.2, 0) is 6.42 Å². The van der Waals surface area contributed by atoms with Gasteiger partial charge in [-0.2, -0.15) is 0 Å². The SMILES string of the molecule is CCC1CCNC(c2cccc3c2OCC3)C1. The molecule has 2 atom stereocenters. The lowest BCUT2D eigenvalue weighted by atomic mass is 9.86. The van der Waals surface area contributed by atoms with Crippen molar-refractivity contribution in [2.45, 2.75) is 38.6 Å². The van der Waals surface area contributed by atoms with Crippen molar-refractivity contribution in [3.63, 3.8) is 0 Å². The van der Waals surface area contributed by atoms with Gasteiger partial charge < -0.3 is 10.1 Å². The molecule has 1 fully saturated rings.